The van der Waals surface area contributed by atoms with Gasteiger partial charge in [-0.25, -0.2) is 4.79 Å². The molecule has 8 heteroatoms. The highest BCUT2D eigenvalue weighted by Crippen LogP contribution is 2.30. The van der Waals surface area contributed by atoms with Gasteiger partial charge in [-0.05, 0) is 57.3 Å². The second-order valence-electron chi connectivity index (χ2n) is 4.48. The third-order valence-corrected chi connectivity index (χ3v) is 4.53. The molecule has 0 spiro atoms. The molecule has 1 aromatic carbocycles. The number of rotatable bonds is 2. The largest absolute Gasteiger partial charge is 0.506 e. The van der Waals surface area contributed by atoms with Crippen LogP contribution < -0.4 is 0 Å². The molecule has 0 saturated carbocycles. The van der Waals surface area contributed by atoms with Crippen LogP contribution in [0.2, 0.25) is 0 Å². The minimum Gasteiger partial charge on any atom is -0.506 e. The van der Waals surface area contributed by atoms with Gasteiger partial charge in [-0.2, -0.15) is 0 Å². The van der Waals surface area contributed by atoms with Crippen LogP contribution in [0.5, 0.6) is 5.75 Å². The fourth-order valence-electron chi connectivity index (χ4n) is 2.16. The Balaban J connectivity index is 2.38. The van der Waals surface area contributed by atoms with Gasteiger partial charge in [0.1, 0.15) is 11.8 Å². The van der Waals surface area contributed by atoms with Crippen molar-refractivity contribution in [2.24, 2.45) is 0 Å². The highest BCUT2D eigenvalue weighted by molar-refractivity contribution is 14.1. The van der Waals surface area contributed by atoms with Crippen molar-refractivity contribution in [3.05, 3.63) is 24.8 Å². The number of aromatic hydroxyl groups is 1. The molecule has 2 atom stereocenters. The Kier molecular flexibility index (Phi) is 4.74. The standard InChI is InChI=1S/C12H11I2NO5/c13-5-1-7(10(17)8(14)2-5)11(18)15-4-6(16)3-9(15)12(19)20/h1-2,6,9,16-17H,3-4H2,(H,19,20)/t6?,9-/m0/s1. The Morgan fingerprint density at radius 2 is 1.95 bits per heavy atom. The Morgan fingerprint density at radius 1 is 1.30 bits per heavy atom. The van der Waals surface area contributed by atoms with Crippen LogP contribution in [0.1, 0.15) is 16.8 Å². The van der Waals surface area contributed by atoms with E-state index in [1.54, 1.807) is 6.07 Å². The maximum atomic E-state index is 12.4. The Bertz CT molecular complexity index is 577. The lowest BCUT2D eigenvalue weighted by atomic mass is 10.1. The lowest BCUT2D eigenvalue weighted by molar-refractivity contribution is -0.141. The lowest BCUT2D eigenvalue weighted by Crippen LogP contribution is -2.40. The van der Waals surface area contributed by atoms with Gasteiger partial charge in [-0.15, -0.1) is 0 Å². The second kappa shape index (κ2) is 6.02. The molecule has 6 nitrogen and oxygen atoms in total. The van der Waals surface area contributed by atoms with Gasteiger partial charge >= 0.3 is 5.97 Å². The summed E-state index contributed by atoms with van der Waals surface area (Å²) in [5.41, 5.74) is 0.0571. The van der Waals surface area contributed by atoms with Crippen LogP contribution in [0.15, 0.2) is 12.1 Å². The number of benzene rings is 1. The molecule has 2 rings (SSSR count). The SMILES string of the molecule is O=C(O)[C@@H]1CC(O)CN1C(=O)c1cc(I)cc(I)c1O. The maximum absolute atomic E-state index is 12.4. The third kappa shape index (κ3) is 3.01. The number of phenols is 1. The molecule has 0 aliphatic carbocycles. The van der Waals surface area contributed by atoms with Gasteiger partial charge in [-0.1, -0.05) is 0 Å². The highest BCUT2D eigenvalue weighted by atomic mass is 127. The average Bonchev–Trinajstić information content (AvgIpc) is 2.75. The zero-order valence-electron chi connectivity index (χ0n) is 10.1. The first-order valence-corrected chi connectivity index (χ1v) is 7.87. The van der Waals surface area contributed by atoms with E-state index in [1.165, 1.54) is 6.07 Å². The van der Waals surface area contributed by atoms with Crippen molar-refractivity contribution in [1.82, 2.24) is 4.90 Å². The Morgan fingerprint density at radius 3 is 2.55 bits per heavy atom. The van der Waals surface area contributed by atoms with Crippen LogP contribution in [-0.4, -0.2) is 50.8 Å². The first-order valence-electron chi connectivity index (χ1n) is 5.71. The van der Waals surface area contributed by atoms with Crippen LogP contribution in [0.25, 0.3) is 0 Å². The van der Waals surface area contributed by atoms with Crippen LogP contribution >= 0.6 is 45.2 Å². The summed E-state index contributed by atoms with van der Waals surface area (Å²) in [6, 6.07) is 2.15. The number of hydrogen-bond acceptors (Lipinski definition) is 4. The van der Waals surface area contributed by atoms with Gasteiger partial charge in [0.15, 0.2) is 0 Å². The van der Waals surface area contributed by atoms with Gasteiger partial charge in [0.2, 0.25) is 0 Å². The van der Waals surface area contributed by atoms with E-state index in [1.807, 2.05) is 45.2 Å². The minimum atomic E-state index is -1.16. The van der Waals surface area contributed by atoms with E-state index in [4.69, 9.17) is 5.11 Å². The van der Waals surface area contributed by atoms with E-state index in [-0.39, 0.29) is 24.3 Å². The first-order chi connectivity index (χ1) is 9.31. The van der Waals surface area contributed by atoms with Crippen molar-refractivity contribution in [3.63, 3.8) is 0 Å². The predicted molar refractivity (Wildman–Crippen MR) is 86.6 cm³/mol. The van der Waals surface area contributed by atoms with Gasteiger partial charge in [-0.3, -0.25) is 4.79 Å². The molecule has 1 heterocycles. The van der Waals surface area contributed by atoms with Crippen molar-refractivity contribution in [2.75, 3.05) is 6.54 Å². The van der Waals surface area contributed by atoms with Crippen molar-refractivity contribution >= 4 is 57.1 Å². The number of phenolic OH excluding ortho intramolecular Hbond substituents is 1. The number of carbonyl (C=O) groups is 2. The van der Waals surface area contributed by atoms with Crippen LogP contribution in [0.4, 0.5) is 0 Å². The number of carboxylic acids is 1. The van der Waals surface area contributed by atoms with Crippen molar-refractivity contribution in [1.29, 1.82) is 0 Å². The number of likely N-dealkylation sites (tertiary alicyclic amines) is 1. The van der Waals surface area contributed by atoms with Crippen molar-refractivity contribution in [2.45, 2.75) is 18.6 Å². The fourth-order valence-corrected chi connectivity index (χ4v) is 4.00. The molecule has 1 saturated heterocycles. The lowest BCUT2D eigenvalue weighted by Gasteiger charge is -2.22. The number of aliphatic hydroxyl groups is 1. The molecule has 0 bridgehead atoms. The first kappa shape index (κ1) is 15.8. The van der Waals surface area contributed by atoms with Crippen molar-refractivity contribution < 1.29 is 24.9 Å². The smallest absolute Gasteiger partial charge is 0.326 e. The molecule has 1 unspecified atom stereocenters. The summed E-state index contributed by atoms with van der Waals surface area (Å²) in [5.74, 6) is -1.90. The van der Waals surface area contributed by atoms with E-state index < -0.39 is 24.0 Å². The number of aliphatic carboxylic acids is 1. The number of carboxylic acid groups (broad SMARTS) is 1. The molecule has 0 radical (unpaired) electrons. The molecular weight excluding hydrogens is 492 g/mol. The van der Waals surface area contributed by atoms with Gasteiger partial charge in [0.25, 0.3) is 5.91 Å². The molecular formula is C12H11I2NO5. The minimum absolute atomic E-state index is 0.00283. The molecule has 0 aromatic heterocycles. The average molecular weight is 503 g/mol. The van der Waals surface area contributed by atoms with E-state index in [0.29, 0.717) is 3.57 Å². The number of aliphatic hydroxyl groups excluding tert-OH is 1. The molecule has 108 valence electrons. The number of halogens is 2. The summed E-state index contributed by atoms with van der Waals surface area (Å²) < 4.78 is 1.28. The fraction of sp³-hybridized carbons (Fsp3) is 0.333. The number of carbonyl (C=O) groups excluding carboxylic acids is 1. The highest BCUT2D eigenvalue weighted by Gasteiger charge is 2.40. The van der Waals surface area contributed by atoms with Gasteiger partial charge < -0.3 is 20.2 Å². The number of nitrogens with zero attached hydrogens (tertiary/aromatic N) is 1. The van der Waals surface area contributed by atoms with E-state index in [9.17, 15) is 19.8 Å². The maximum Gasteiger partial charge on any atom is 0.326 e. The quantitative estimate of drug-likeness (QED) is 0.529. The summed E-state index contributed by atoms with van der Waals surface area (Å²) in [6.07, 6.45) is -0.855. The van der Waals surface area contributed by atoms with Crippen molar-refractivity contribution in [3.8, 4) is 5.75 Å². The molecule has 20 heavy (non-hydrogen) atoms. The zero-order chi connectivity index (χ0) is 15.0. The molecule has 1 aliphatic rings. The molecule has 1 fully saturated rings. The second-order valence-corrected chi connectivity index (χ2v) is 6.89. The number of amides is 1. The molecule has 1 amide bonds. The van der Waals surface area contributed by atoms with E-state index in [0.717, 1.165) is 8.47 Å². The monoisotopic (exact) mass is 503 g/mol. The molecule has 1 aliphatic heterocycles. The molecule has 3 N–H and O–H groups in total. The Labute approximate surface area is 142 Å². The summed E-state index contributed by atoms with van der Waals surface area (Å²) in [5, 5.41) is 28.7. The third-order valence-electron chi connectivity index (χ3n) is 3.08. The summed E-state index contributed by atoms with van der Waals surface area (Å²) in [4.78, 5) is 24.7. The topological polar surface area (TPSA) is 98.1 Å². The summed E-state index contributed by atoms with van der Waals surface area (Å²) in [6.45, 7) is -0.0444. The van der Waals surface area contributed by atoms with Crippen LogP contribution in [-0.2, 0) is 4.79 Å². The normalized spacial score (nSPS) is 22.1. The van der Waals surface area contributed by atoms with E-state index >= 15 is 0 Å². The Hall–Kier alpha value is -0.620. The summed E-state index contributed by atoms with van der Waals surface area (Å²) >= 11 is 3.92. The van der Waals surface area contributed by atoms with Gasteiger partial charge in [0, 0.05) is 16.5 Å². The predicted octanol–water partition coefficient (Wildman–Crippen LogP) is 1.26. The number of β-amino-alcohol motifs (C(OH)–C–C–N with tert-alkyl or cyclic N) is 1. The molecule has 1 aromatic rings. The van der Waals surface area contributed by atoms with Crippen LogP contribution in [0.3, 0.4) is 0 Å². The van der Waals surface area contributed by atoms with Crippen LogP contribution in [0, 0.1) is 7.14 Å². The van der Waals surface area contributed by atoms with E-state index in [2.05, 4.69) is 0 Å². The van der Waals surface area contributed by atoms with Gasteiger partial charge in [0.05, 0.1) is 15.2 Å². The zero-order valence-corrected chi connectivity index (χ0v) is 14.4. The summed E-state index contributed by atoms with van der Waals surface area (Å²) in [7, 11) is 0. The number of hydrogen-bond donors (Lipinski definition) is 3.